The molecule has 0 unspecified atom stereocenters. The molecule has 0 bridgehead atoms. The molecule has 0 radical (unpaired) electrons. The van der Waals surface area contributed by atoms with Crippen LogP contribution in [0.15, 0.2) is 71.8 Å². The van der Waals surface area contributed by atoms with Gasteiger partial charge in [-0.25, -0.2) is 0 Å². The lowest BCUT2D eigenvalue weighted by Crippen LogP contribution is -1.80. The first-order valence-corrected chi connectivity index (χ1v) is 7.86. The normalized spacial score (nSPS) is 11.2. The molecule has 0 atom stereocenters. The maximum absolute atomic E-state index is 5.19. The third-order valence-electron chi connectivity index (χ3n) is 4.14. The number of rotatable bonds is 3. The lowest BCUT2D eigenvalue weighted by Gasteiger charge is -1.97. The van der Waals surface area contributed by atoms with Crippen LogP contribution in [-0.2, 0) is 0 Å². The average molecular weight is 327 g/mol. The molecule has 0 aromatic carbocycles. The Bertz CT molecular complexity index is 1140. The molecule has 0 saturated heterocycles. The molecular weight excluding hydrogens is 314 g/mol. The van der Waals surface area contributed by atoms with Gasteiger partial charge in [0.25, 0.3) is 0 Å². The molecule has 5 rings (SSSR count). The van der Waals surface area contributed by atoms with E-state index in [2.05, 4.69) is 31.2 Å². The Kier molecular flexibility index (Phi) is 3.00. The second-order valence-electron chi connectivity index (χ2n) is 5.70. The third-order valence-corrected chi connectivity index (χ3v) is 4.14. The highest BCUT2D eigenvalue weighted by atomic mass is 16.3. The minimum absolute atomic E-state index is 0.829. The third kappa shape index (κ3) is 2.31. The maximum Gasteiger partial charge on any atom is 0.109 e. The van der Waals surface area contributed by atoms with Crippen LogP contribution in [0.5, 0.6) is 0 Å². The van der Waals surface area contributed by atoms with E-state index in [0.29, 0.717) is 0 Å². The number of furan rings is 1. The standard InChI is InChI=1S/C19H13N5O/c1-2-6-20-15(3-1)17-10-18(24-23-17)16-9-13-14(22-16)4-7-21-19(13)12-5-8-25-11-12/h1-11,22H,(H,23,24). The van der Waals surface area contributed by atoms with Gasteiger partial charge >= 0.3 is 0 Å². The van der Waals surface area contributed by atoms with Crippen molar-refractivity contribution in [2.24, 2.45) is 0 Å². The van der Waals surface area contributed by atoms with Crippen LogP contribution in [0.1, 0.15) is 0 Å². The van der Waals surface area contributed by atoms with Crippen molar-refractivity contribution < 1.29 is 4.42 Å². The molecule has 0 aliphatic carbocycles. The summed E-state index contributed by atoms with van der Waals surface area (Å²) < 4.78 is 5.19. The first-order valence-electron chi connectivity index (χ1n) is 7.86. The molecule has 5 aromatic heterocycles. The van der Waals surface area contributed by atoms with E-state index in [1.54, 1.807) is 24.9 Å². The summed E-state index contributed by atoms with van der Waals surface area (Å²) in [5.41, 5.74) is 6.33. The predicted molar refractivity (Wildman–Crippen MR) is 94.6 cm³/mol. The summed E-state index contributed by atoms with van der Waals surface area (Å²) in [6, 6.07) is 13.7. The first kappa shape index (κ1) is 13.7. The molecule has 0 aliphatic rings. The van der Waals surface area contributed by atoms with E-state index in [1.807, 2.05) is 36.4 Å². The fraction of sp³-hybridized carbons (Fsp3) is 0. The van der Waals surface area contributed by atoms with Crippen LogP contribution >= 0.6 is 0 Å². The number of nitrogens with zero attached hydrogens (tertiary/aromatic N) is 3. The molecule has 0 fully saturated rings. The lowest BCUT2D eigenvalue weighted by molar-refractivity contribution is 0.568. The van der Waals surface area contributed by atoms with E-state index in [4.69, 9.17) is 4.42 Å². The van der Waals surface area contributed by atoms with Crippen LogP contribution in [0, 0.1) is 0 Å². The van der Waals surface area contributed by atoms with Gasteiger partial charge in [-0.05, 0) is 36.4 Å². The van der Waals surface area contributed by atoms with Gasteiger partial charge in [0, 0.05) is 28.9 Å². The molecule has 5 aromatic rings. The van der Waals surface area contributed by atoms with E-state index in [1.165, 1.54) is 0 Å². The largest absolute Gasteiger partial charge is 0.472 e. The minimum Gasteiger partial charge on any atom is -0.472 e. The summed E-state index contributed by atoms with van der Waals surface area (Å²) in [4.78, 5) is 12.2. The maximum atomic E-state index is 5.19. The predicted octanol–water partition coefficient (Wildman–Crippen LogP) is 4.28. The van der Waals surface area contributed by atoms with Crippen LogP contribution in [0.4, 0.5) is 0 Å². The van der Waals surface area contributed by atoms with Crippen molar-refractivity contribution in [3.05, 3.63) is 67.4 Å². The fourth-order valence-corrected chi connectivity index (χ4v) is 2.93. The van der Waals surface area contributed by atoms with Crippen molar-refractivity contribution in [3.8, 4) is 34.0 Å². The van der Waals surface area contributed by atoms with Crippen molar-refractivity contribution >= 4 is 10.9 Å². The van der Waals surface area contributed by atoms with Crippen LogP contribution in [0.3, 0.4) is 0 Å². The SMILES string of the molecule is c1ccc(-c2cc(-c3cc4c(-c5ccoc5)nccc4[nH]3)n[nH]2)nc1. The first-order chi connectivity index (χ1) is 12.4. The summed E-state index contributed by atoms with van der Waals surface area (Å²) in [6.07, 6.45) is 6.90. The van der Waals surface area contributed by atoms with Crippen LogP contribution < -0.4 is 0 Å². The number of H-pyrrole nitrogens is 2. The van der Waals surface area contributed by atoms with E-state index >= 15 is 0 Å². The highest BCUT2D eigenvalue weighted by Gasteiger charge is 2.13. The number of hydrogen-bond donors (Lipinski definition) is 2. The lowest BCUT2D eigenvalue weighted by atomic mass is 10.1. The van der Waals surface area contributed by atoms with Crippen molar-refractivity contribution in [1.82, 2.24) is 25.1 Å². The number of hydrogen-bond acceptors (Lipinski definition) is 4. The van der Waals surface area contributed by atoms with Gasteiger partial charge in [0.15, 0.2) is 0 Å². The summed E-state index contributed by atoms with van der Waals surface area (Å²) in [5, 5.41) is 8.49. The van der Waals surface area contributed by atoms with Crippen LogP contribution in [0.2, 0.25) is 0 Å². The molecule has 120 valence electrons. The van der Waals surface area contributed by atoms with Gasteiger partial charge in [0.2, 0.25) is 0 Å². The molecule has 0 amide bonds. The van der Waals surface area contributed by atoms with Gasteiger partial charge in [-0.2, -0.15) is 5.10 Å². The van der Waals surface area contributed by atoms with Crippen molar-refractivity contribution in [3.63, 3.8) is 0 Å². The summed E-state index contributed by atoms with van der Waals surface area (Å²) in [6.45, 7) is 0. The second-order valence-corrected chi connectivity index (χ2v) is 5.70. The van der Waals surface area contributed by atoms with Gasteiger partial charge < -0.3 is 9.40 Å². The molecule has 25 heavy (non-hydrogen) atoms. The minimum atomic E-state index is 0.829. The quantitative estimate of drug-likeness (QED) is 0.518. The smallest absolute Gasteiger partial charge is 0.109 e. The number of aromatic nitrogens is 5. The number of nitrogens with one attached hydrogen (secondary N) is 2. The van der Waals surface area contributed by atoms with Gasteiger partial charge in [0.1, 0.15) is 5.69 Å². The van der Waals surface area contributed by atoms with Crippen LogP contribution in [-0.4, -0.2) is 25.1 Å². The van der Waals surface area contributed by atoms with E-state index in [-0.39, 0.29) is 0 Å². The van der Waals surface area contributed by atoms with Crippen LogP contribution in [0.25, 0.3) is 44.9 Å². The summed E-state index contributed by atoms with van der Waals surface area (Å²) in [7, 11) is 0. The van der Waals surface area contributed by atoms with Gasteiger partial charge in [-0.1, -0.05) is 6.07 Å². The summed E-state index contributed by atoms with van der Waals surface area (Å²) in [5.74, 6) is 0. The highest BCUT2D eigenvalue weighted by Crippen LogP contribution is 2.31. The Morgan fingerprint density at radius 3 is 2.72 bits per heavy atom. The molecule has 6 heteroatoms. The van der Waals surface area contributed by atoms with Crippen molar-refractivity contribution in [2.75, 3.05) is 0 Å². The van der Waals surface area contributed by atoms with Crippen molar-refractivity contribution in [2.45, 2.75) is 0 Å². The Labute approximate surface area is 142 Å². The Balaban J connectivity index is 1.60. The monoisotopic (exact) mass is 327 g/mol. The molecular formula is C19H13N5O. The molecule has 0 saturated carbocycles. The molecule has 0 aliphatic heterocycles. The van der Waals surface area contributed by atoms with E-state index in [9.17, 15) is 0 Å². The Morgan fingerprint density at radius 2 is 1.88 bits per heavy atom. The zero-order valence-electron chi connectivity index (χ0n) is 13.1. The Morgan fingerprint density at radius 1 is 0.880 bits per heavy atom. The molecule has 2 N–H and O–H groups in total. The van der Waals surface area contributed by atoms with Gasteiger partial charge in [0.05, 0.1) is 35.3 Å². The van der Waals surface area contributed by atoms with E-state index < -0.39 is 0 Å². The number of aromatic amines is 2. The molecule has 5 heterocycles. The van der Waals surface area contributed by atoms with Crippen molar-refractivity contribution in [1.29, 1.82) is 0 Å². The average Bonchev–Trinajstić information content (AvgIpc) is 3.41. The van der Waals surface area contributed by atoms with Gasteiger partial charge in [-0.15, -0.1) is 0 Å². The zero-order chi connectivity index (χ0) is 16.6. The topological polar surface area (TPSA) is 83.4 Å². The summed E-state index contributed by atoms with van der Waals surface area (Å²) >= 11 is 0. The molecule has 6 nitrogen and oxygen atoms in total. The number of fused-ring (bicyclic) bond motifs is 1. The second kappa shape index (κ2) is 5.45. The zero-order valence-corrected chi connectivity index (χ0v) is 13.1. The van der Waals surface area contributed by atoms with E-state index in [0.717, 1.165) is 44.9 Å². The number of pyridine rings is 2. The highest BCUT2D eigenvalue weighted by molar-refractivity contribution is 5.95. The van der Waals surface area contributed by atoms with Gasteiger partial charge in [-0.3, -0.25) is 15.1 Å². The Hall–Kier alpha value is -3.67. The molecule has 0 spiro atoms. The fourth-order valence-electron chi connectivity index (χ4n) is 2.93.